The summed E-state index contributed by atoms with van der Waals surface area (Å²) in [4.78, 5) is 7.85. The molecule has 0 spiro atoms. The molecule has 0 radical (unpaired) electrons. The second kappa shape index (κ2) is 5.63. The van der Waals surface area contributed by atoms with Crippen LogP contribution in [0.5, 0.6) is 0 Å². The third-order valence-electron chi connectivity index (χ3n) is 5.02. The Morgan fingerprint density at radius 1 is 1.25 bits per heavy atom. The number of nitrogens with zero attached hydrogens (tertiary/aromatic N) is 2. The third-order valence-corrected chi connectivity index (χ3v) is 6.78. The number of halogens is 4. The number of alkyl halides is 4. The Morgan fingerprint density at radius 3 is 2.64 bits per heavy atom. The van der Waals surface area contributed by atoms with E-state index < -0.39 is 33.4 Å². The lowest BCUT2D eigenvalue weighted by Gasteiger charge is -2.29. The summed E-state index contributed by atoms with van der Waals surface area (Å²) in [5.41, 5.74) is -2.64. The van der Waals surface area contributed by atoms with Crippen LogP contribution in [-0.2, 0) is 14.6 Å². The van der Waals surface area contributed by atoms with Gasteiger partial charge in [0.2, 0.25) is 5.89 Å². The Bertz CT molecular complexity index is 1190. The molecule has 1 aliphatic carbocycles. The summed E-state index contributed by atoms with van der Waals surface area (Å²) in [6, 6.07) is 2.72. The molecule has 6 nitrogen and oxygen atoms in total. The predicted molar refractivity (Wildman–Crippen MR) is 88.2 cm³/mol. The Kier molecular flexibility index (Phi) is 3.83. The van der Waals surface area contributed by atoms with E-state index in [0.717, 1.165) is 19.1 Å². The molecule has 1 fully saturated rings. The maximum absolute atomic E-state index is 14.1. The summed E-state index contributed by atoms with van der Waals surface area (Å²) in [5.74, 6) is -2.45. The Hall–Kier alpha value is -2.27. The zero-order valence-electron chi connectivity index (χ0n) is 14.6. The number of fused-ring (bicyclic) bond motifs is 2. The normalized spacial score (nSPS) is 27.4. The van der Waals surface area contributed by atoms with Gasteiger partial charge in [-0.3, -0.25) is 4.74 Å². The van der Waals surface area contributed by atoms with Crippen LogP contribution in [0.15, 0.2) is 27.6 Å². The maximum Gasteiger partial charge on any atom is 0.369 e. The number of oxazole rings is 1. The second-order valence-electron chi connectivity index (χ2n) is 6.77. The first kappa shape index (κ1) is 19.1. The second-order valence-corrected chi connectivity index (χ2v) is 9.02. The van der Waals surface area contributed by atoms with Crippen molar-refractivity contribution >= 4 is 22.0 Å². The van der Waals surface area contributed by atoms with Gasteiger partial charge in [0.15, 0.2) is 15.3 Å². The minimum Gasteiger partial charge on any atom is -0.435 e. The van der Waals surface area contributed by atoms with Crippen molar-refractivity contribution in [2.24, 2.45) is 11.3 Å². The van der Waals surface area contributed by atoms with Crippen LogP contribution in [0, 0.1) is 11.3 Å². The van der Waals surface area contributed by atoms with Gasteiger partial charge < -0.3 is 4.42 Å². The van der Waals surface area contributed by atoms with Crippen molar-refractivity contribution in [2.75, 3.05) is 5.75 Å². The molecule has 0 saturated carbocycles. The maximum atomic E-state index is 14.1. The highest BCUT2D eigenvalue weighted by atomic mass is 32.2. The number of pyridine rings is 1. The van der Waals surface area contributed by atoms with Gasteiger partial charge in [0, 0.05) is 6.20 Å². The minimum atomic E-state index is -4.13. The molecule has 28 heavy (non-hydrogen) atoms. The molecule has 1 saturated heterocycles. The Labute approximate surface area is 156 Å². The van der Waals surface area contributed by atoms with Crippen molar-refractivity contribution in [1.29, 1.82) is 0 Å². The monoisotopic (exact) mass is 418 g/mol. The SMILES string of the molecule is CCS(=O)(=O)c1cccnc1-c1nc2c(o1)=CC1C(F)(F)OC(F)(F)[C@@]1(C)C=2. The van der Waals surface area contributed by atoms with Crippen molar-refractivity contribution < 1.29 is 35.1 Å². The molecule has 0 aromatic carbocycles. The molecule has 1 unspecified atom stereocenters. The Morgan fingerprint density at radius 2 is 1.96 bits per heavy atom. The molecule has 0 bridgehead atoms. The van der Waals surface area contributed by atoms with Gasteiger partial charge in [-0.1, -0.05) is 6.92 Å². The number of aromatic nitrogens is 2. The van der Waals surface area contributed by atoms with E-state index >= 15 is 0 Å². The molecular weight excluding hydrogens is 404 g/mol. The van der Waals surface area contributed by atoms with Crippen LogP contribution in [-0.4, -0.2) is 36.4 Å². The van der Waals surface area contributed by atoms with Gasteiger partial charge >= 0.3 is 12.2 Å². The van der Waals surface area contributed by atoms with Gasteiger partial charge in [0.05, 0.1) is 22.0 Å². The van der Waals surface area contributed by atoms with Gasteiger partial charge in [-0.15, -0.1) is 0 Å². The van der Waals surface area contributed by atoms with E-state index in [4.69, 9.17) is 4.42 Å². The standard InChI is InChI=1S/C17H14F4N2O4S/c1-3-28(24,25)11-5-4-6-22-13(11)14-23-9-8-15(2)12(7-10(9)26-14)16(18,19)27-17(15,20)21/h4-8,12H,3H2,1-2H3/t12?,15-/m0/s1. The number of sulfone groups is 1. The molecular formula is C17H14F4N2O4S. The van der Waals surface area contributed by atoms with E-state index in [0.29, 0.717) is 0 Å². The summed E-state index contributed by atoms with van der Waals surface area (Å²) in [6.45, 7) is 2.39. The molecule has 2 atom stereocenters. The molecule has 11 heteroatoms. The highest BCUT2D eigenvalue weighted by molar-refractivity contribution is 7.91. The summed E-state index contributed by atoms with van der Waals surface area (Å²) >= 11 is 0. The average Bonchev–Trinajstić information content (AvgIpc) is 3.07. The largest absolute Gasteiger partial charge is 0.435 e. The summed E-state index contributed by atoms with van der Waals surface area (Å²) in [6.07, 6.45) is -5.22. The molecule has 2 aromatic rings. The molecule has 0 amide bonds. The topological polar surface area (TPSA) is 82.3 Å². The molecule has 4 rings (SSSR count). The lowest BCUT2D eigenvalue weighted by molar-refractivity contribution is -0.342. The van der Waals surface area contributed by atoms with Crippen LogP contribution >= 0.6 is 0 Å². The molecule has 150 valence electrons. The van der Waals surface area contributed by atoms with E-state index in [1.807, 2.05) is 0 Å². The van der Waals surface area contributed by atoms with Gasteiger partial charge in [-0.05, 0) is 31.2 Å². The first-order valence-electron chi connectivity index (χ1n) is 8.27. The smallest absolute Gasteiger partial charge is 0.369 e. The van der Waals surface area contributed by atoms with Crippen molar-refractivity contribution in [3.8, 4) is 11.6 Å². The number of hydrogen-bond acceptors (Lipinski definition) is 6. The fourth-order valence-electron chi connectivity index (χ4n) is 3.38. The fraction of sp³-hybridized carbons (Fsp3) is 0.412. The number of rotatable bonds is 3. The first-order valence-corrected chi connectivity index (χ1v) is 9.92. The van der Waals surface area contributed by atoms with Crippen molar-refractivity contribution in [2.45, 2.75) is 31.0 Å². The zero-order chi connectivity index (χ0) is 20.5. The first-order chi connectivity index (χ1) is 12.9. The van der Waals surface area contributed by atoms with Crippen LogP contribution in [0.3, 0.4) is 0 Å². The van der Waals surface area contributed by atoms with Crippen LogP contribution < -0.4 is 10.8 Å². The highest BCUT2D eigenvalue weighted by Crippen LogP contribution is 2.60. The number of ether oxygens (including phenoxy) is 1. The van der Waals surface area contributed by atoms with Gasteiger partial charge in [-0.25, -0.2) is 18.4 Å². The summed E-state index contributed by atoms with van der Waals surface area (Å²) < 4.78 is 90.0. The van der Waals surface area contributed by atoms with Crippen LogP contribution in [0.1, 0.15) is 13.8 Å². The van der Waals surface area contributed by atoms with Crippen molar-refractivity contribution in [3.63, 3.8) is 0 Å². The van der Waals surface area contributed by atoms with Crippen LogP contribution in [0.4, 0.5) is 17.6 Å². The van der Waals surface area contributed by atoms with E-state index in [2.05, 4.69) is 14.7 Å². The van der Waals surface area contributed by atoms with E-state index in [1.54, 1.807) is 0 Å². The van der Waals surface area contributed by atoms with Crippen molar-refractivity contribution in [1.82, 2.24) is 9.97 Å². The lowest BCUT2D eigenvalue weighted by atomic mass is 9.75. The molecule has 2 aliphatic rings. The zero-order valence-corrected chi connectivity index (χ0v) is 15.4. The van der Waals surface area contributed by atoms with Crippen LogP contribution in [0.25, 0.3) is 23.7 Å². The molecule has 3 heterocycles. The van der Waals surface area contributed by atoms with Gasteiger partial charge in [0.25, 0.3) is 0 Å². The van der Waals surface area contributed by atoms with E-state index in [9.17, 15) is 26.0 Å². The molecule has 0 N–H and O–H groups in total. The Balaban J connectivity index is 1.94. The predicted octanol–water partition coefficient (Wildman–Crippen LogP) is 1.94. The van der Waals surface area contributed by atoms with Gasteiger partial charge in [0.1, 0.15) is 11.0 Å². The van der Waals surface area contributed by atoms with E-state index in [-0.39, 0.29) is 33.0 Å². The van der Waals surface area contributed by atoms with E-state index in [1.165, 1.54) is 25.3 Å². The fourth-order valence-corrected chi connectivity index (χ4v) is 4.41. The molecule has 2 aromatic heterocycles. The number of hydrogen-bond donors (Lipinski definition) is 0. The quantitative estimate of drug-likeness (QED) is 0.709. The average molecular weight is 418 g/mol. The third kappa shape index (κ3) is 2.52. The highest BCUT2D eigenvalue weighted by Gasteiger charge is 2.73. The summed E-state index contributed by atoms with van der Waals surface area (Å²) in [5, 5.41) is -0.111. The van der Waals surface area contributed by atoms with Crippen LogP contribution in [0.2, 0.25) is 0 Å². The van der Waals surface area contributed by atoms with Gasteiger partial charge in [-0.2, -0.15) is 17.6 Å². The molecule has 1 aliphatic heterocycles. The summed E-state index contributed by atoms with van der Waals surface area (Å²) in [7, 11) is -3.69. The van der Waals surface area contributed by atoms with Crippen molar-refractivity contribution in [3.05, 3.63) is 29.1 Å². The minimum absolute atomic E-state index is 0.111. The lowest BCUT2D eigenvalue weighted by Crippen LogP contribution is -2.44.